The van der Waals surface area contributed by atoms with Crippen molar-refractivity contribution in [1.82, 2.24) is 4.98 Å². The van der Waals surface area contributed by atoms with Crippen LogP contribution in [0.4, 0.5) is 5.13 Å². The number of carbonyl (C=O) groups is 1. The maximum absolute atomic E-state index is 11.2. The highest BCUT2D eigenvalue weighted by Crippen LogP contribution is 2.29. The first-order valence-electron chi connectivity index (χ1n) is 4.95. The fourth-order valence-corrected chi connectivity index (χ4v) is 2.78. The van der Waals surface area contributed by atoms with Crippen molar-refractivity contribution in [1.29, 1.82) is 0 Å². The summed E-state index contributed by atoms with van der Waals surface area (Å²) in [5.74, 6) is 0.314. The first-order chi connectivity index (χ1) is 7.33. The van der Waals surface area contributed by atoms with Gasteiger partial charge in [0.1, 0.15) is 0 Å². The molecule has 15 heavy (non-hydrogen) atoms. The number of carbonyl (C=O) groups excluding carboxylic acids is 1. The molecule has 2 aromatic rings. The number of nitrogens with zero attached hydrogens (tertiary/aromatic N) is 2. The number of aromatic nitrogens is 1. The van der Waals surface area contributed by atoms with E-state index in [1.165, 1.54) is 4.70 Å². The molecular weight excluding hydrogens is 208 g/mol. The summed E-state index contributed by atoms with van der Waals surface area (Å²) in [7, 11) is 0. The molecule has 4 heteroatoms. The smallest absolute Gasteiger partial charge is 0.186 e. The van der Waals surface area contributed by atoms with Gasteiger partial charge < -0.3 is 4.90 Å². The van der Waals surface area contributed by atoms with Crippen LogP contribution in [-0.4, -0.2) is 23.9 Å². The highest BCUT2D eigenvalue weighted by atomic mass is 32.1. The molecule has 0 bridgehead atoms. The van der Waals surface area contributed by atoms with Crippen LogP contribution in [0.5, 0.6) is 0 Å². The molecule has 0 spiro atoms. The van der Waals surface area contributed by atoms with Crippen molar-refractivity contribution in [3.05, 3.63) is 24.3 Å². The van der Waals surface area contributed by atoms with E-state index < -0.39 is 0 Å². The molecule has 0 N–H and O–H groups in total. The zero-order valence-electron chi connectivity index (χ0n) is 8.14. The molecule has 1 aromatic heterocycles. The van der Waals surface area contributed by atoms with Crippen LogP contribution >= 0.6 is 11.3 Å². The second-order valence-corrected chi connectivity index (χ2v) is 4.68. The highest BCUT2D eigenvalue weighted by Gasteiger charge is 2.21. The summed E-state index contributed by atoms with van der Waals surface area (Å²) < 4.78 is 1.19. The Labute approximate surface area is 91.3 Å². The molecule has 0 aliphatic carbocycles. The number of ketones is 1. The Hall–Kier alpha value is -1.42. The minimum absolute atomic E-state index is 0.314. The lowest BCUT2D eigenvalue weighted by molar-refractivity contribution is -0.116. The highest BCUT2D eigenvalue weighted by molar-refractivity contribution is 7.22. The minimum Gasteiger partial charge on any atom is -0.340 e. The Morgan fingerprint density at radius 2 is 2.20 bits per heavy atom. The van der Waals surface area contributed by atoms with Gasteiger partial charge in [0.05, 0.1) is 16.8 Å². The second-order valence-electron chi connectivity index (χ2n) is 3.67. The van der Waals surface area contributed by atoms with Gasteiger partial charge in [-0.1, -0.05) is 23.5 Å². The summed E-state index contributed by atoms with van der Waals surface area (Å²) in [4.78, 5) is 17.8. The van der Waals surface area contributed by atoms with Crippen molar-refractivity contribution in [3.63, 3.8) is 0 Å². The number of hydrogen-bond acceptors (Lipinski definition) is 4. The number of Topliss-reactive ketones (excluding diaryl/α,β-unsaturated/α-hetero) is 1. The number of benzene rings is 1. The zero-order valence-corrected chi connectivity index (χ0v) is 8.96. The first-order valence-corrected chi connectivity index (χ1v) is 5.77. The van der Waals surface area contributed by atoms with E-state index in [1.54, 1.807) is 11.3 Å². The predicted molar refractivity (Wildman–Crippen MR) is 61.5 cm³/mol. The Kier molecular flexibility index (Phi) is 1.95. The van der Waals surface area contributed by atoms with Gasteiger partial charge in [-0.25, -0.2) is 4.98 Å². The number of hydrogen-bond donors (Lipinski definition) is 0. The maximum Gasteiger partial charge on any atom is 0.186 e. The SMILES string of the molecule is O=C1CCN(c2nc3ccccc3s2)C1. The van der Waals surface area contributed by atoms with E-state index in [4.69, 9.17) is 0 Å². The van der Waals surface area contributed by atoms with Crippen molar-refractivity contribution in [2.45, 2.75) is 6.42 Å². The lowest BCUT2D eigenvalue weighted by Crippen LogP contribution is -2.18. The number of thiazole rings is 1. The van der Waals surface area contributed by atoms with Gasteiger partial charge in [0.2, 0.25) is 0 Å². The summed E-state index contributed by atoms with van der Waals surface area (Å²) in [5.41, 5.74) is 1.02. The lowest BCUT2D eigenvalue weighted by atomic mass is 10.3. The second kappa shape index (κ2) is 3.31. The number of anilines is 1. The maximum atomic E-state index is 11.2. The molecule has 0 saturated carbocycles. The van der Waals surface area contributed by atoms with E-state index in [0.29, 0.717) is 18.7 Å². The molecule has 3 rings (SSSR count). The van der Waals surface area contributed by atoms with Crippen LogP contribution in [-0.2, 0) is 4.79 Å². The summed E-state index contributed by atoms with van der Waals surface area (Å²) in [6, 6.07) is 8.07. The molecule has 3 nitrogen and oxygen atoms in total. The predicted octanol–water partition coefficient (Wildman–Crippen LogP) is 2.08. The van der Waals surface area contributed by atoms with Crippen molar-refractivity contribution in [3.8, 4) is 0 Å². The molecule has 76 valence electrons. The van der Waals surface area contributed by atoms with Crippen LogP contribution in [0.1, 0.15) is 6.42 Å². The van der Waals surface area contributed by atoms with E-state index in [1.807, 2.05) is 18.2 Å². The molecule has 0 radical (unpaired) electrons. The fourth-order valence-electron chi connectivity index (χ4n) is 1.79. The number of para-hydroxylation sites is 1. The first kappa shape index (κ1) is 8.85. The average Bonchev–Trinajstić information content (AvgIpc) is 2.82. The molecule has 1 aliphatic rings. The number of rotatable bonds is 1. The monoisotopic (exact) mass is 218 g/mol. The van der Waals surface area contributed by atoms with Crippen LogP contribution in [0.3, 0.4) is 0 Å². The minimum atomic E-state index is 0.314. The summed E-state index contributed by atoms with van der Waals surface area (Å²) >= 11 is 1.66. The van der Waals surface area contributed by atoms with E-state index in [9.17, 15) is 4.79 Å². The molecular formula is C11H10N2OS. The molecule has 0 atom stereocenters. The standard InChI is InChI=1S/C11H10N2OS/c14-8-5-6-13(7-8)11-12-9-3-1-2-4-10(9)15-11/h1-4H,5-7H2. The van der Waals surface area contributed by atoms with Crippen LogP contribution in [0.2, 0.25) is 0 Å². The topological polar surface area (TPSA) is 33.2 Å². The van der Waals surface area contributed by atoms with Gasteiger partial charge in [0.15, 0.2) is 10.9 Å². The lowest BCUT2D eigenvalue weighted by Gasteiger charge is -2.10. The van der Waals surface area contributed by atoms with Crippen LogP contribution in [0, 0.1) is 0 Å². The van der Waals surface area contributed by atoms with Gasteiger partial charge in [0.25, 0.3) is 0 Å². The third-order valence-corrected chi connectivity index (χ3v) is 3.68. The van der Waals surface area contributed by atoms with E-state index in [0.717, 1.165) is 17.2 Å². The van der Waals surface area contributed by atoms with E-state index >= 15 is 0 Å². The summed E-state index contributed by atoms with van der Waals surface area (Å²) in [5, 5.41) is 0.974. The van der Waals surface area contributed by atoms with Crippen LogP contribution in [0.15, 0.2) is 24.3 Å². The third-order valence-electron chi connectivity index (χ3n) is 2.58. The van der Waals surface area contributed by atoms with Gasteiger partial charge in [-0.3, -0.25) is 4.79 Å². The van der Waals surface area contributed by atoms with E-state index in [2.05, 4.69) is 16.0 Å². The summed E-state index contributed by atoms with van der Waals surface area (Å²) in [6.45, 7) is 1.35. The molecule has 1 fully saturated rings. The number of fused-ring (bicyclic) bond motifs is 1. The summed E-state index contributed by atoms with van der Waals surface area (Å²) in [6.07, 6.45) is 0.663. The quantitative estimate of drug-likeness (QED) is 0.734. The largest absolute Gasteiger partial charge is 0.340 e. The van der Waals surface area contributed by atoms with Gasteiger partial charge in [-0.05, 0) is 12.1 Å². The van der Waals surface area contributed by atoms with Gasteiger partial charge >= 0.3 is 0 Å². The van der Waals surface area contributed by atoms with Crippen molar-refractivity contribution in [2.75, 3.05) is 18.0 Å². The zero-order chi connectivity index (χ0) is 10.3. The Balaban J connectivity index is 2.01. The average molecular weight is 218 g/mol. The molecule has 2 heterocycles. The van der Waals surface area contributed by atoms with Crippen LogP contribution in [0.25, 0.3) is 10.2 Å². The molecule has 0 unspecified atom stereocenters. The van der Waals surface area contributed by atoms with Gasteiger partial charge in [0, 0.05) is 13.0 Å². The fraction of sp³-hybridized carbons (Fsp3) is 0.273. The normalized spacial score (nSPS) is 16.5. The van der Waals surface area contributed by atoms with Gasteiger partial charge in [-0.15, -0.1) is 0 Å². The van der Waals surface area contributed by atoms with Crippen LogP contribution < -0.4 is 4.90 Å². The molecule has 1 aromatic carbocycles. The molecule has 0 amide bonds. The Bertz CT molecular complexity index is 487. The Morgan fingerprint density at radius 1 is 1.33 bits per heavy atom. The van der Waals surface area contributed by atoms with Crippen molar-refractivity contribution >= 4 is 32.5 Å². The van der Waals surface area contributed by atoms with Crippen molar-refractivity contribution < 1.29 is 4.79 Å². The van der Waals surface area contributed by atoms with Gasteiger partial charge in [-0.2, -0.15) is 0 Å². The van der Waals surface area contributed by atoms with E-state index in [-0.39, 0.29) is 0 Å². The molecule has 1 saturated heterocycles. The van der Waals surface area contributed by atoms with Crippen molar-refractivity contribution in [2.24, 2.45) is 0 Å². The third kappa shape index (κ3) is 1.51. The molecule has 1 aliphatic heterocycles. The Morgan fingerprint density at radius 3 is 2.93 bits per heavy atom.